The quantitative estimate of drug-likeness (QED) is 0.424. The van der Waals surface area contributed by atoms with E-state index in [0.717, 1.165) is 17.5 Å². The largest absolute Gasteiger partial charge is 0.488 e. The van der Waals surface area contributed by atoms with Crippen LogP contribution >= 0.6 is 0 Å². The van der Waals surface area contributed by atoms with Crippen molar-refractivity contribution in [2.24, 2.45) is 9.98 Å². The van der Waals surface area contributed by atoms with E-state index in [9.17, 15) is 18.6 Å². The Hall–Kier alpha value is -3.35. The third-order valence-corrected chi connectivity index (χ3v) is 6.05. The van der Waals surface area contributed by atoms with E-state index in [0.29, 0.717) is 29.6 Å². The van der Waals surface area contributed by atoms with Gasteiger partial charge in [0.25, 0.3) is 0 Å². The molecule has 4 rings (SSSR count). The van der Waals surface area contributed by atoms with Crippen molar-refractivity contribution < 1.29 is 32.8 Å². The molecule has 2 aliphatic rings. The zero-order valence-electron chi connectivity index (χ0n) is 18.7. The van der Waals surface area contributed by atoms with Gasteiger partial charge in [-0.2, -0.15) is 0 Å². The highest BCUT2D eigenvalue weighted by Crippen LogP contribution is 2.31. The molecule has 1 unspecified atom stereocenters. The molecule has 0 spiro atoms. The van der Waals surface area contributed by atoms with Gasteiger partial charge in [0.05, 0.1) is 32.5 Å². The van der Waals surface area contributed by atoms with Crippen molar-refractivity contribution in [1.29, 1.82) is 0 Å². The van der Waals surface area contributed by atoms with Gasteiger partial charge in [-0.3, -0.25) is 0 Å². The summed E-state index contributed by atoms with van der Waals surface area (Å²) in [5, 5.41) is 21.4. The highest BCUT2D eigenvalue weighted by atomic mass is 32.2. The van der Waals surface area contributed by atoms with E-state index >= 15 is 0 Å². The van der Waals surface area contributed by atoms with E-state index in [4.69, 9.17) is 14.2 Å². The smallest absolute Gasteiger partial charge is 0.233 e. The van der Waals surface area contributed by atoms with Gasteiger partial charge in [0, 0.05) is 23.6 Å². The molecule has 4 N–H and O–H groups in total. The van der Waals surface area contributed by atoms with E-state index in [1.165, 1.54) is 6.20 Å². The number of aromatic nitrogens is 1. The first-order valence-electron chi connectivity index (χ1n) is 10.6. The number of H-pyrrole nitrogens is 1. The first-order chi connectivity index (χ1) is 16.2. The average Bonchev–Trinajstić information content (AvgIpc) is 3.48. The normalized spacial score (nSPS) is 18.8. The zero-order valence-corrected chi connectivity index (χ0v) is 19.5. The number of ether oxygens (including phenoxy) is 3. The lowest BCUT2D eigenvalue weighted by Crippen LogP contribution is -2.32. The fourth-order valence-corrected chi connectivity index (χ4v) is 3.86. The molecule has 34 heavy (non-hydrogen) atoms. The van der Waals surface area contributed by atoms with Crippen LogP contribution in [0.2, 0.25) is 0 Å². The molecule has 11 nitrogen and oxygen atoms in total. The van der Waals surface area contributed by atoms with Crippen LogP contribution in [0.4, 0.5) is 0 Å². The summed E-state index contributed by atoms with van der Waals surface area (Å²) in [4.78, 5) is 11.7. The van der Waals surface area contributed by atoms with E-state index in [2.05, 4.69) is 20.3 Å². The maximum absolute atomic E-state index is 11.7. The van der Waals surface area contributed by atoms with Gasteiger partial charge in [-0.15, -0.1) is 0 Å². The molecule has 0 fully saturated rings. The molecule has 2 aliphatic heterocycles. The van der Waals surface area contributed by atoms with Gasteiger partial charge in [0.2, 0.25) is 11.8 Å². The summed E-state index contributed by atoms with van der Waals surface area (Å²) >= 11 is 0. The van der Waals surface area contributed by atoms with Gasteiger partial charge in [0.15, 0.2) is 9.84 Å². The highest BCUT2D eigenvalue weighted by molar-refractivity contribution is 7.94. The highest BCUT2D eigenvalue weighted by Gasteiger charge is 2.22. The van der Waals surface area contributed by atoms with Crippen molar-refractivity contribution in [3.05, 3.63) is 47.3 Å². The summed E-state index contributed by atoms with van der Waals surface area (Å²) in [5.74, 6) is 1.60. The number of hydrogen-bond donors (Lipinski definition) is 4. The lowest BCUT2D eigenvalue weighted by molar-refractivity contribution is 0.129. The lowest BCUT2D eigenvalue weighted by Gasteiger charge is -2.17. The van der Waals surface area contributed by atoms with Crippen LogP contribution in [-0.4, -0.2) is 80.2 Å². The minimum atomic E-state index is -3.39. The summed E-state index contributed by atoms with van der Waals surface area (Å²) in [6.45, 7) is 1.96. The van der Waals surface area contributed by atoms with Gasteiger partial charge in [-0.05, 0) is 31.2 Å². The number of aliphatic hydroxyl groups excluding tert-OH is 2. The van der Waals surface area contributed by atoms with Crippen LogP contribution < -0.4 is 14.8 Å². The third kappa shape index (κ3) is 5.58. The molecule has 1 aromatic carbocycles. The first-order valence-corrected chi connectivity index (χ1v) is 12.5. The Morgan fingerprint density at radius 3 is 2.62 bits per heavy atom. The molecule has 0 saturated heterocycles. The molecule has 3 heterocycles. The Kier molecular flexibility index (Phi) is 6.91. The van der Waals surface area contributed by atoms with E-state index in [-0.39, 0.29) is 36.8 Å². The first kappa shape index (κ1) is 23.8. The van der Waals surface area contributed by atoms with Crippen LogP contribution in [0.15, 0.2) is 51.5 Å². The SMILES string of the molecule is C[C@@H](CO)Oc1cc(OC2=NC=C(S(C)(=O)=O)NC2)cc(-c2ccc(C3=NCC(CO)O3)[nH]2)c1. The summed E-state index contributed by atoms with van der Waals surface area (Å²) < 4.78 is 40.6. The van der Waals surface area contributed by atoms with Crippen molar-refractivity contribution in [2.75, 3.05) is 32.6 Å². The number of rotatable bonds is 8. The van der Waals surface area contributed by atoms with Crippen LogP contribution in [0, 0.1) is 0 Å². The summed E-state index contributed by atoms with van der Waals surface area (Å²) in [6.07, 6.45) is 1.52. The lowest BCUT2D eigenvalue weighted by atomic mass is 10.1. The molecule has 0 saturated carbocycles. The second kappa shape index (κ2) is 9.87. The molecule has 0 amide bonds. The van der Waals surface area contributed by atoms with Gasteiger partial charge in [-0.1, -0.05) is 0 Å². The number of nitrogens with zero attached hydrogens (tertiary/aromatic N) is 2. The Balaban J connectivity index is 1.61. The second-order valence-electron chi connectivity index (χ2n) is 7.90. The summed E-state index contributed by atoms with van der Waals surface area (Å²) in [5.41, 5.74) is 2.14. The van der Waals surface area contributed by atoms with Gasteiger partial charge < -0.3 is 34.7 Å². The molecule has 2 aromatic rings. The molecular formula is C22H26N4O7S. The van der Waals surface area contributed by atoms with E-state index in [1.54, 1.807) is 25.1 Å². The molecule has 1 aromatic heterocycles. The van der Waals surface area contributed by atoms with Crippen molar-refractivity contribution in [3.63, 3.8) is 0 Å². The minimum Gasteiger partial charge on any atom is -0.488 e. The van der Waals surface area contributed by atoms with Crippen LogP contribution in [0.25, 0.3) is 11.3 Å². The van der Waals surface area contributed by atoms with Crippen LogP contribution in [0.3, 0.4) is 0 Å². The average molecular weight is 491 g/mol. The maximum atomic E-state index is 11.7. The Morgan fingerprint density at radius 1 is 1.21 bits per heavy atom. The Bertz CT molecular complexity index is 1250. The predicted molar refractivity (Wildman–Crippen MR) is 126 cm³/mol. The number of benzene rings is 1. The third-order valence-electron chi connectivity index (χ3n) is 5.00. The predicted octanol–water partition coefficient (Wildman–Crippen LogP) is 0.803. The maximum Gasteiger partial charge on any atom is 0.233 e. The topological polar surface area (TPSA) is 155 Å². The molecule has 0 aliphatic carbocycles. The fraction of sp³-hybridized carbons (Fsp3) is 0.364. The van der Waals surface area contributed by atoms with E-state index in [1.807, 2.05) is 12.1 Å². The van der Waals surface area contributed by atoms with Gasteiger partial charge in [-0.25, -0.2) is 18.4 Å². The molecule has 182 valence electrons. The summed E-state index contributed by atoms with van der Waals surface area (Å²) in [7, 11) is -3.39. The van der Waals surface area contributed by atoms with Crippen molar-refractivity contribution in [1.82, 2.24) is 10.3 Å². The van der Waals surface area contributed by atoms with E-state index < -0.39 is 15.9 Å². The monoisotopic (exact) mass is 490 g/mol. The molecule has 0 bridgehead atoms. The number of aliphatic imine (C=N–C) groups is 2. The number of nitrogens with one attached hydrogen (secondary N) is 2. The molecular weight excluding hydrogens is 464 g/mol. The Labute approximate surface area is 196 Å². The molecule has 2 atom stereocenters. The minimum absolute atomic E-state index is 0.0220. The van der Waals surface area contributed by atoms with Crippen molar-refractivity contribution in [2.45, 2.75) is 19.1 Å². The fourth-order valence-electron chi connectivity index (χ4n) is 3.28. The van der Waals surface area contributed by atoms with Gasteiger partial charge >= 0.3 is 0 Å². The van der Waals surface area contributed by atoms with Gasteiger partial charge in [0.1, 0.15) is 34.4 Å². The second-order valence-corrected chi connectivity index (χ2v) is 9.89. The number of aliphatic hydroxyl groups is 2. The summed E-state index contributed by atoms with van der Waals surface area (Å²) in [6, 6.07) is 8.91. The van der Waals surface area contributed by atoms with Crippen LogP contribution in [0.1, 0.15) is 12.6 Å². The van der Waals surface area contributed by atoms with Crippen molar-refractivity contribution >= 4 is 21.6 Å². The number of hydrogen-bond acceptors (Lipinski definition) is 10. The molecule has 0 radical (unpaired) electrons. The Morgan fingerprint density at radius 2 is 1.97 bits per heavy atom. The van der Waals surface area contributed by atoms with Crippen molar-refractivity contribution in [3.8, 4) is 22.8 Å². The zero-order chi connectivity index (χ0) is 24.3. The van der Waals surface area contributed by atoms with Crippen LogP contribution in [-0.2, 0) is 14.6 Å². The number of aromatic amines is 1. The van der Waals surface area contributed by atoms with Crippen LogP contribution in [0.5, 0.6) is 11.5 Å². The molecule has 12 heteroatoms. The standard InChI is InChI=1S/C22H26N4O7S/c1-13(11-27)31-15-5-14(18-3-4-19(26-18)22-25-8-17(12-28)33-22)6-16(7-15)32-20-9-24-21(10-23-20)34(2,29)30/h3-7,10,13,17,24,26-28H,8-9,11-12H2,1-2H3/t13-,17?/m0/s1. The number of sulfone groups is 1.